The Morgan fingerprint density at radius 1 is 1.20 bits per heavy atom. The summed E-state index contributed by atoms with van der Waals surface area (Å²) < 4.78 is 5.46. The fourth-order valence-corrected chi connectivity index (χ4v) is 4.34. The first kappa shape index (κ1) is 20.4. The smallest absolute Gasteiger partial charge is 0.327 e. The molecule has 2 N–H and O–H groups in total. The van der Waals surface area contributed by atoms with Gasteiger partial charge in [0.1, 0.15) is 12.1 Å². The van der Waals surface area contributed by atoms with Crippen molar-refractivity contribution in [3.63, 3.8) is 0 Å². The Kier molecular flexibility index (Phi) is 5.49. The van der Waals surface area contributed by atoms with Crippen molar-refractivity contribution in [2.75, 3.05) is 6.54 Å². The van der Waals surface area contributed by atoms with Gasteiger partial charge in [-0.15, -0.1) is 0 Å². The summed E-state index contributed by atoms with van der Waals surface area (Å²) in [7, 11) is 0. The molecule has 3 atom stereocenters. The highest BCUT2D eigenvalue weighted by Crippen LogP contribution is 2.38. The summed E-state index contributed by atoms with van der Waals surface area (Å²) in [5.74, 6) is -1.56. The number of imide groups is 1. The quantitative estimate of drug-likeness (QED) is 0.549. The minimum absolute atomic E-state index is 0.00473. The maximum atomic E-state index is 13.0. The summed E-state index contributed by atoms with van der Waals surface area (Å²) in [6, 6.07) is 8.26. The van der Waals surface area contributed by atoms with Gasteiger partial charge in [-0.3, -0.25) is 19.3 Å². The van der Waals surface area contributed by atoms with E-state index in [9.17, 15) is 19.2 Å². The zero-order valence-corrected chi connectivity index (χ0v) is 17.1. The second kappa shape index (κ2) is 8.08. The molecular weight excluding hydrogens is 386 g/mol. The van der Waals surface area contributed by atoms with Crippen LogP contribution in [0.5, 0.6) is 0 Å². The molecule has 1 saturated heterocycles. The third kappa shape index (κ3) is 3.91. The minimum atomic E-state index is -1.12. The zero-order chi connectivity index (χ0) is 21.3. The number of rotatable bonds is 6. The molecule has 0 aromatic heterocycles. The molecule has 3 aliphatic rings. The summed E-state index contributed by atoms with van der Waals surface area (Å²) in [4.78, 5) is 51.7. The van der Waals surface area contributed by atoms with Crippen LogP contribution in [0.1, 0.15) is 57.1 Å². The zero-order valence-electron chi connectivity index (χ0n) is 17.1. The van der Waals surface area contributed by atoms with Crippen LogP contribution in [0.2, 0.25) is 0 Å². The van der Waals surface area contributed by atoms with E-state index >= 15 is 0 Å². The molecule has 8 nitrogen and oxygen atoms in total. The second-order valence-electron chi connectivity index (χ2n) is 8.50. The molecule has 0 unspecified atom stereocenters. The van der Waals surface area contributed by atoms with Crippen LogP contribution < -0.4 is 10.6 Å². The molecule has 160 valence electrons. The average Bonchev–Trinajstić information content (AvgIpc) is 3.52. The van der Waals surface area contributed by atoms with E-state index in [2.05, 4.69) is 10.6 Å². The van der Waals surface area contributed by atoms with Crippen LogP contribution in [0.15, 0.2) is 30.3 Å². The number of nitrogens with one attached hydrogen (secondary N) is 2. The molecule has 0 bridgehead atoms. The summed E-state index contributed by atoms with van der Waals surface area (Å²) >= 11 is 0. The lowest BCUT2D eigenvalue weighted by atomic mass is 9.73. The summed E-state index contributed by atoms with van der Waals surface area (Å²) in [5.41, 5.74) is -0.392. The third-order valence-corrected chi connectivity index (χ3v) is 6.30. The number of carbonyl (C=O) groups is 4. The summed E-state index contributed by atoms with van der Waals surface area (Å²) in [5, 5.41) is 5.66. The highest BCUT2D eigenvalue weighted by atomic mass is 16.5. The number of amides is 4. The topological polar surface area (TPSA) is 105 Å². The van der Waals surface area contributed by atoms with Crippen molar-refractivity contribution in [1.82, 2.24) is 15.5 Å². The number of hydrogen-bond acceptors (Lipinski definition) is 5. The first-order valence-electron chi connectivity index (χ1n) is 10.6. The van der Waals surface area contributed by atoms with E-state index in [1.807, 2.05) is 6.92 Å². The third-order valence-electron chi connectivity index (χ3n) is 6.30. The Bertz CT molecular complexity index is 854. The van der Waals surface area contributed by atoms with E-state index in [0.717, 1.165) is 37.0 Å². The Labute approximate surface area is 175 Å². The van der Waals surface area contributed by atoms with Gasteiger partial charge in [0, 0.05) is 11.6 Å². The number of benzene rings is 1. The molecule has 2 saturated carbocycles. The molecule has 0 radical (unpaired) electrons. The van der Waals surface area contributed by atoms with Crippen molar-refractivity contribution in [2.24, 2.45) is 5.92 Å². The lowest BCUT2D eigenvalue weighted by molar-refractivity contribution is -0.158. The summed E-state index contributed by atoms with van der Waals surface area (Å²) in [6.45, 7) is 1.44. The number of ether oxygens (including phenoxy) is 1. The Morgan fingerprint density at radius 3 is 2.60 bits per heavy atom. The van der Waals surface area contributed by atoms with Gasteiger partial charge >= 0.3 is 12.0 Å². The molecule has 4 rings (SSSR count). The molecular formula is C22H27N3O5. The maximum Gasteiger partial charge on any atom is 0.327 e. The minimum Gasteiger partial charge on any atom is -0.446 e. The van der Waals surface area contributed by atoms with Crippen LogP contribution in [0.4, 0.5) is 4.79 Å². The van der Waals surface area contributed by atoms with Crippen LogP contribution in [0.3, 0.4) is 0 Å². The second-order valence-corrected chi connectivity index (χ2v) is 8.50. The van der Waals surface area contributed by atoms with Crippen molar-refractivity contribution in [3.05, 3.63) is 35.9 Å². The Morgan fingerprint density at radius 2 is 1.93 bits per heavy atom. The monoisotopic (exact) mass is 413 g/mol. The molecule has 30 heavy (non-hydrogen) atoms. The van der Waals surface area contributed by atoms with Crippen LogP contribution >= 0.6 is 0 Å². The van der Waals surface area contributed by atoms with Gasteiger partial charge in [0.15, 0.2) is 0 Å². The normalized spacial score (nSPS) is 27.0. The van der Waals surface area contributed by atoms with E-state index in [1.54, 1.807) is 30.3 Å². The van der Waals surface area contributed by atoms with Crippen molar-refractivity contribution < 1.29 is 23.9 Å². The van der Waals surface area contributed by atoms with Gasteiger partial charge in [-0.1, -0.05) is 50.1 Å². The number of carbonyl (C=O) groups excluding carboxylic acids is 4. The number of urea groups is 1. The predicted molar refractivity (Wildman–Crippen MR) is 107 cm³/mol. The average molecular weight is 413 g/mol. The fraction of sp³-hybridized carbons (Fsp3) is 0.545. The van der Waals surface area contributed by atoms with Gasteiger partial charge in [0.05, 0.1) is 0 Å². The van der Waals surface area contributed by atoms with E-state index < -0.39 is 36.1 Å². The van der Waals surface area contributed by atoms with Crippen LogP contribution in [0, 0.1) is 5.92 Å². The van der Waals surface area contributed by atoms with E-state index in [1.165, 1.54) is 0 Å². The molecule has 3 fully saturated rings. The van der Waals surface area contributed by atoms with Gasteiger partial charge in [-0.25, -0.2) is 4.79 Å². The van der Waals surface area contributed by atoms with Crippen molar-refractivity contribution >= 4 is 23.8 Å². The summed E-state index contributed by atoms with van der Waals surface area (Å²) in [6.07, 6.45) is 3.98. The fourth-order valence-electron chi connectivity index (χ4n) is 4.34. The van der Waals surface area contributed by atoms with Crippen LogP contribution in [-0.4, -0.2) is 46.8 Å². The van der Waals surface area contributed by atoms with E-state index in [0.29, 0.717) is 12.0 Å². The SMILES string of the molecule is C[C@@H]1CCCC[C@]12NC(=O)N(CC(=O)O[C@H](C(=O)NC1CC1)c1ccccc1)C2=O. The number of hydrogen-bond donors (Lipinski definition) is 2. The Hall–Kier alpha value is -2.90. The standard InChI is InChI=1S/C22H27N3O5/c1-14-7-5-6-12-22(14)20(28)25(21(29)24-22)13-17(26)30-18(15-8-3-2-4-9-15)19(27)23-16-10-11-16/h2-4,8-9,14,16,18H,5-7,10-13H2,1H3,(H,23,27)(H,24,29)/t14-,18+,22+/m1/s1. The van der Waals surface area contributed by atoms with Gasteiger partial charge in [0.2, 0.25) is 6.10 Å². The first-order valence-corrected chi connectivity index (χ1v) is 10.6. The lowest BCUT2D eigenvalue weighted by Gasteiger charge is -2.36. The van der Waals surface area contributed by atoms with Crippen molar-refractivity contribution in [2.45, 2.75) is 63.1 Å². The largest absolute Gasteiger partial charge is 0.446 e. The first-order chi connectivity index (χ1) is 14.4. The Balaban J connectivity index is 1.46. The van der Waals surface area contributed by atoms with Crippen LogP contribution in [0.25, 0.3) is 0 Å². The molecule has 1 aliphatic heterocycles. The van der Waals surface area contributed by atoms with E-state index in [4.69, 9.17) is 4.74 Å². The molecule has 1 aromatic rings. The molecule has 2 aliphatic carbocycles. The lowest BCUT2D eigenvalue weighted by Crippen LogP contribution is -2.54. The molecule has 8 heteroatoms. The van der Waals surface area contributed by atoms with Crippen molar-refractivity contribution in [3.8, 4) is 0 Å². The highest BCUT2D eigenvalue weighted by Gasteiger charge is 2.55. The van der Waals surface area contributed by atoms with Gasteiger partial charge in [-0.05, 0) is 31.6 Å². The molecule has 1 heterocycles. The van der Waals surface area contributed by atoms with Crippen LogP contribution in [-0.2, 0) is 19.1 Å². The maximum absolute atomic E-state index is 13.0. The van der Waals surface area contributed by atoms with Crippen molar-refractivity contribution in [1.29, 1.82) is 0 Å². The molecule has 4 amide bonds. The highest BCUT2D eigenvalue weighted by molar-refractivity contribution is 6.09. The number of esters is 1. The molecule has 1 spiro atoms. The van der Waals surface area contributed by atoms with Gasteiger partial charge < -0.3 is 15.4 Å². The molecule has 1 aromatic carbocycles. The number of nitrogens with zero attached hydrogens (tertiary/aromatic N) is 1. The van der Waals surface area contributed by atoms with E-state index in [-0.39, 0.29) is 17.9 Å². The van der Waals surface area contributed by atoms with Gasteiger partial charge in [-0.2, -0.15) is 0 Å². The predicted octanol–water partition coefficient (Wildman–Crippen LogP) is 2.05. The van der Waals surface area contributed by atoms with Gasteiger partial charge in [0.25, 0.3) is 11.8 Å².